The molecule has 1 atom stereocenters. The van der Waals surface area contributed by atoms with Crippen molar-refractivity contribution in [2.24, 2.45) is 10.9 Å². The molecule has 26 heavy (non-hydrogen) atoms. The summed E-state index contributed by atoms with van der Waals surface area (Å²) in [6.07, 6.45) is 1.20. The van der Waals surface area contributed by atoms with Gasteiger partial charge in [0.2, 0.25) is 5.91 Å². The zero-order chi connectivity index (χ0) is 18.7. The molecule has 128 valence electrons. The van der Waals surface area contributed by atoms with Gasteiger partial charge in [-0.25, -0.2) is 9.69 Å². The maximum Gasteiger partial charge on any atom is 0.335 e. The lowest BCUT2D eigenvalue weighted by Gasteiger charge is -2.28. The smallest absolute Gasteiger partial charge is 0.276 e. The number of nitrogens with one attached hydrogen (secondary N) is 1. The van der Waals surface area contributed by atoms with Gasteiger partial charge in [-0.3, -0.25) is 19.9 Å². The highest BCUT2D eigenvalue weighted by Gasteiger charge is 2.40. The molecule has 7 nitrogen and oxygen atoms in total. The SMILES string of the molecule is Cc1cccc(N2C(=O)NC(=O)[C@H](C=Nc3ccc(C#N)cc3)C2=O)c1. The van der Waals surface area contributed by atoms with Crippen LogP contribution in [0.4, 0.5) is 16.2 Å². The number of hydrogen-bond donors (Lipinski definition) is 1. The Morgan fingerprint density at radius 1 is 1.15 bits per heavy atom. The van der Waals surface area contributed by atoms with E-state index in [1.165, 1.54) is 6.21 Å². The van der Waals surface area contributed by atoms with Crippen LogP contribution in [0.1, 0.15) is 11.1 Å². The molecule has 2 aromatic rings. The molecule has 0 spiro atoms. The van der Waals surface area contributed by atoms with Crippen LogP contribution in [-0.2, 0) is 9.59 Å². The molecule has 4 amide bonds. The van der Waals surface area contributed by atoms with Crippen molar-refractivity contribution in [3.05, 3.63) is 59.7 Å². The molecule has 0 unspecified atom stereocenters. The average molecular weight is 346 g/mol. The minimum absolute atomic E-state index is 0.386. The summed E-state index contributed by atoms with van der Waals surface area (Å²) >= 11 is 0. The number of carbonyl (C=O) groups excluding carboxylic acids is 3. The molecular formula is C19H14N4O3. The van der Waals surface area contributed by atoms with Gasteiger partial charge in [-0.1, -0.05) is 12.1 Å². The van der Waals surface area contributed by atoms with E-state index in [-0.39, 0.29) is 0 Å². The largest absolute Gasteiger partial charge is 0.335 e. The number of aryl methyl sites for hydroxylation is 1. The summed E-state index contributed by atoms with van der Waals surface area (Å²) in [6.45, 7) is 1.84. The summed E-state index contributed by atoms with van der Waals surface area (Å²) in [4.78, 5) is 41.9. The Labute approximate surface area is 149 Å². The Bertz CT molecular complexity index is 957. The highest BCUT2D eigenvalue weighted by Crippen LogP contribution is 2.22. The van der Waals surface area contributed by atoms with Crippen molar-refractivity contribution in [3.8, 4) is 6.07 Å². The lowest BCUT2D eigenvalue weighted by atomic mass is 10.1. The van der Waals surface area contributed by atoms with E-state index < -0.39 is 23.8 Å². The molecule has 0 aliphatic carbocycles. The summed E-state index contributed by atoms with van der Waals surface area (Å²) < 4.78 is 0. The second-order valence-corrected chi connectivity index (χ2v) is 5.72. The number of amides is 4. The van der Waals surface area contributed by atoms with Crippen LogP contribution < -0.4 is 10.2 Å². The summed E-state index contributed by atoms with van der Waals surface area (Å²) in [5.74, 6) is -2.60. The van der Waals surface area contributed by atoms with E-state index in [2.05, 4.69) is 10.3 Å². The molecular weight excluding hydrogens is 332 g/mol. The fourth-order valence-corrected chi connectivity index (χ4v) is 2.52. The summed E-state index contributed by atoms with van der Waals surface area (Å²) in [6, 6.07) is 14.4. The van der Waals surface area contributed by atoms with Gasteiger partial charge in [0, 0.05) is 6.21 Å². The second-order valence-electron chi connectivity index (χ2n) is 5.72. The van der Waals surface area contributed by atoms with Gasteiger partial charge in [-0.2, -0.15) is 5.26 Å². The number of benzene rings is 2. The second kappa shape index (κ2) is 6.99. The predicted octanol–water partition coefficient (Wildman–Crippen LogP) is 2.47. The minimum Gasteiger partial charge on any atom is -0.276 e. The molecule has 1 aliphatic rings. The average Bonchev–Trinajstić information content (AvgIpc) is 2.62. The zero-order valence-electron chi connectivity index (χ0n) is 13.8. The van der Waals surface area contributed by atoms with Crippen LogP contribution >= 0.6 is 0 Å². The normalized spacial score (nSPS) is 17.3. The number of nitriles is 1. The fourth-order valence-electron chi connectivity index (χ4n) is 2.52. The number of barbiturate groups is 1. The zero-order valence-corrected chi connectivity index (χ0v) is 13.8. The topological polar surface area (TPSA) is 103 Å². The Morgan fingerprint density at radius 2 is 1.88 bits per heavy atom. The lowest BCUT2D eigenvalue weighted by Crippen LogP contribution is -2.58. The molecule has 2 aromatic carbocycles. The van der Waals surface area contributed by atoms with E-state index in [1.807, 2.05) is 19.1 Å². The van der Waals surface area contributed by atoms with Crippen molar-refractivity contribution in [1.29, 1.82) is 5.26 Å². The molecule has 3 rings (SSSR count). The van der Waals surface area contributed by atoms with Crippen LogP contribution in [0.25, 0.3) is 0 Å². The van der Waals surface area contributed by atoms with Crippen LogP contribution in [0.2, 0.25) is 0 Å². The lowest BCUT2D eigenvalue weighted by molar-refractivity contribution is -0.131. The quantitative estimate of drug-likeness (QED) is 0.681. The van der Waals surface area contributed by atoms with Crippen LogP contribution in [0, 0.1) is 24.2 Å². The van der Waals surface area contributed by atoms with Gasteiger partial charge in [0.15, 0.2) is 5.92 Å². The monoisotopic (exact) mass is 346 g/mol. The van der Waals surface area contributed by atoms with Crippen LogP contribution in [0.5, 0.6) is 0 Å². The number of urea groups is 1. The van der Waals surface area contributed by atoms with Gasteiger partial charge in [-0.15, -0.1) is 0 Å². The molecule has 1 aliphatic heterocycles. The Kier molecular flexibility index (Phi) is 4.58. The number of imide groups is 2. The van der Waals surface area contributed by atoms with Gasteiger partial charge < -0.3 is 0 Å². The number of nitrogens with zero attached hydrogens (tertiary/aromatic N) is 3. The van der Waals surface area contributed by atoms with Gasteiger partial charge in [0.05, 0.1) is 23.0 Å². The third-order valence-corrected chi connectivity index (χ3v) is 3.83. The van der Waals surface area contributed by atoms with Crippen molar-refractivity contribution in [2.45, 2.75) is 6.92 Å². The summed E-state index contributed by atoms with van der Waals surface area (Å²) in [5, 5.41) is 11.0. The molecule has 1 N–H and O–H groups in total. The number of aliphatic imine (C=N–C) groups is 1. The van der Waals surface area contributed by atoms with Crippen LogP contribution in [-0.4, -0.2) is 24.1 Å². The molecule has 0 radical (unpaired) electrons. The molecule has 1 heterocycles. The van der Waals surface area contributed by atoms with E-state index in [9.17, 15) is 14.4 Å². The summed E-state index contributed by atoms with van der Waals surface area (Å²) in [5.41, 5.74) is 2.23. The van der Waals surface area contributed by atoms with Gasteiger partial charge in [0.25, 0.3) is 5.91 Å². The minimum atomic E-state index is -1.22. The standard InChI is InChI=1S/C19H14N4O3/c1-12-3-2-4-15(9-12)23-18(25)16(17(24)22-19(23)26)11-21-14-7-5-13(10-20)6-8-14/h2-9,11,16H,1H3,(H,22,24,26)/t16-/m0/s1. The van der Waals surface area contributed by atoms with E-state index in [4.69, 9.17) is 5.26 Å². The number of rotatable bonds is 3. The molecule has 1 fully saturated rings. The third kappa shape index (κ3) is 3.35. The maximum atomic E-state index is 12.7. The number of carbonyl (C=O) groups is 3. The first-order valence-electron chi connectivity index (χ1n) is 7.79. The van der Waals surface area contributed by atoms with Crippen LogP contribution in [0.3, 0.4) is 0 Å². The van der Waals surface area contributed by atoms with E-state index in [0.717, 1.165) is 10.5 Å². The number of anilines is 1. The van der Waals surface area contributed by atoms with Crippen molar-refractivity contribution < 1.29 is 14.4 Å². The van der Waals surface area contributed by atoms with E-state index in [1.54, 1.807) is 42.5 Å². The molecule has 0 aromatic heterocycles. The highest BCUT2D eigenvalue weighted by atomic mass is 16.2. The molecule has 1 saturated heterocycles. The fraction of sp³-hybridized carbons (Fsp3) is 0.105. The van der Waals surface area contributed by atoms with Crippen molar-refractivity contribution in [3.63, 3.8) is 0 Å². The van der Waals surface area contributed by atoms with Gasteiger partial charge in [0.1, 0.15) is 0 Å². The Balaban J connectivity index is 1.87. The highest BCUT2D eigenvalue weighted by molar-refractivity contribution is 6.32. The van der Waals surface area contributed by atoms with E-state index in [0.29, 0.717) is 16.9 Å². The van der Waals surface area contributed by atoms with Crippen molar-refractivity contribution in [2.75, 3.05) is 4.90 Å². The first-order chi connectivity index (χ1) is 12.5. The molecule has 7 heteroatoms. The van der Waals surface area contributed by atoms with Crippen molar-refractivity contribution >= 4 is 35.4 Å². The van der Waals surface area contributed by atoms with Crippen molar-refractivity contribution in [1.82, 2.24) is 5.32 Å². The first kappa shape index (κ1) is 17.0. The first-order valence-corrected chi connectivity index (χ1v) is 7.79. The van der Waals surface area contributed by atoms with E-state index >= 15 is 0 Å². The predicted molar refractivity (Wildman–Crippen MR) is 95.0 cm³/mol. The Hall–Kier alpha value is -3.79. The third-order valence-electron chi connectivity index (χ3n) is 3.83. The maximum absolute atomic E-state index is 12.7. The molecule has 0 bridgehead atoms. The van der Waals surface area contributed by atoms with Gasteiger partial charge in [-0.05, 0) is 48.9 Å². The van der Waals surface area contributed by atoms with Gasteiger partial charge >= 0.3 is 6.03 Å². The number of hydrogen-bond acceptors (Lipinski definition) is 5. The van der Waals surface area contributed by atoms with Crippen LogP contribution in [0.15, 0.2) is 53.5 Å². The molecule has 0 saturated carbocycles. The summed E-state index contributed by atoms with van der Waals surface area (Å²) in [7, 11) is 0. The Morgan fingerprint density at radius 3 is 2.54 bits per heavy atom.